The quantitative estimate of drug-likeness (QED) is 0.689. The van der Waals surface area contributed by atoms with Crippen molar-refractivity contribution in [1.29, 1.82) is 0 Å². The van der Waals surface area contributed by atoms with Gasteiger partial charge in [-0.2, -0.15) is 0 Å². The predicted molar refractivity (Wildman–Crippen MR) is 78.0 cm³/mol. The van der Waals surface area contributed by atoms with Crippen molar-refractivity contribution >= 4 is 11.6 Å². The standard InChI is InChI=1S/C15H24N2O2/c1-4-11(5-2)13(18)9-17-15(19)12-8-6-7-10(3)14(12)16/h6-8,11,13,18H,4-5,9,16H2,1-3H3,(H,17,19). The van der Waals surface area contributed by atoms with Gasteiger partial charge in [-0.05, 0) is 24.5 Å². The summed E-state index contributed by atoms with van der Waals surface area (Å²) in [7, 11) is 0. The van der Waals surface area contributed by atoms with Crippen LogP contribution in [0.25, 0.3) is 0 Å². The number of benzene rings is 1. The minimum absolute atomic E-state index is 0.218. The van der Waals surface area contributed by atoms with Gasteiger partial charge in [-0.25, -0.2) is 0 Å². The molecule has 0 aromatic heterocycles. The van der Waals surface area contributed by atoms with Crippen LogP contribution in [0.4, 0.5) is 5.69 Å². The Kier molecular flexibility index (Phi) is 5.83. The van der Waals surface area contributed by atoms with Crippen molar-refractivity contribution in [3.8, 4) is 0 Å². The molecule has 1 rings (SSSR count). The molecule has 19 heavy (non-hydrogen) atoms. The van der Waals surface area contributed by atoms with E-state index >= 15 is 0 Å². The number of para-hydroxylation sites is 1. The summed E-state index contributed by atoms with van der Waals surface area (Å²) in [5.41, 5.74) is 7.73. The van der Waals surface area contributed by atoms with Crippen molar-refractivity contribution in [1.82, 2.24) is 5.32 Å². The van der Waals surface area contributed by atoms with E-state index in [-0.39, 0.29) is 18.4 Å². The lowest BCUT2D eigenvalue weighted by Gasteiger charge is -2.20. The van der Waals surface area contributed by atoms with Crippen molar-refractivity contribution in [2.24, 2.45) is 5.92 Å². The Bertz CT molecular complexity index is 428. The summed E-state index contributed by atoms with van der Waals surface area (Å²) >= 11 is 0. The molecule has 0 fully saturated rings. The van der Waals surface area contributed by atoms with Crippen LogP contribution in [0.3, 0.4) is 0 Å². The first-order valence-electron chi connectivity index (χ1n) is 6.82. The van der Waals surface area contributed by atoms with E-state index in [9.17, 15) is 9.90 Å². The molecule has 0 aliphatic rings. The van der Waals surface area contributed by atoms with Crippen molar-refractivity contribution in [3.05, 3.63) is 29.3 Å². The molecule has 4 N–H and O–H groups in total. The summed E-state index contributed by atoms with van der Waals surface area (Å²) in [6.45, 7) is 6.21. The van der Waals surface area contributed by atoms with Crippen LogP contribution in [0.5, 0.6) is 0 Å². The third kappa shape index (κ3) is 3.96. The first-order valence-corrected chi connectivity index (χ1v) is 6.82. The largest absolute Gasteiger partial charge is 0.398 e. The summed E-state index contributed by atoms with van der Waals surface area (Å²) in [6.07, 6.45) is 1.30. The molecule has 4 heteroatoms. The Labute approximate surface area is 115 Å². The van der Waals surface area contributed by atoms with E-state index in [0.29, 0.717) is 11.3 Å². The smallest absolute Gasteiger partial charge is 0.253 e. The molecule has 0 bridgehead atoms. The Morgan fingerprint density at radius 2 is 2.00 bits per heavy atom. The first-order chi connectivity index (χ1) is 9.01. The van der Waals surface area contributed by atoms with Crippen LogP contribution in [-0.2, 0) is 0 Å². The lowest BCUT2D eigenvalue weighted by molar-refractivity contribution is 0.0817. The number of hydrogen-bond donors (Lipinski definition) is 3. The fraction of sp³-hybridized carbons (Fsp3) is 0.533. The number of aliphatic hydroxyl groups is 1. The van der Waals surface area contributed by atoms with Crippen molar-refractivity contribution in [2.75, 3.05) is 12.3 Å². The SMILES string of the molecule is CCC(CC)C(O)CNC(=O)c1cccc(C)c1N. The van der Waals surface area contributed by atoms with Gasteiger partial charge in [-0.3, -0.25) is 4.79 Å². The second kappa shape index (κ2) is 7.14. The molecule has 0 saturated carbocycles. The van der Waals surface area contributed by atoms with E-state index in [0.717, 1.165) is 18.4 Å². The topological polar surface area (TPSA) is 75.3 Å². The van der Waals surface area contributed by atoms with E-state index in [1.165, 1.54) is 0 Å². The number of carbonyl (C=O) groups excluding carboxylic acids is 1. The second-order valence-electron chi connectivity index (χ2n) is 4.89. The van der Waals surface area contributed by atoms with Crippen LogP contribution in [0.15, 0.2) is 18.2 Å². The monoisotopic (exact) mass is 264 g/mol. The number of hydrogen-bond acceptors (Lipinski definition) is 3. The zero-order valence-corrected chi connectivity index (χ0v) is 11.9. The van der Waals surface area contributed by atoms with E-state index in [2.05, 4.69) is 5.32 Å². The molecule has 1 aromatic carbocycles. The number of aliphatic hydroxyl groups excluding tert-OH is 1. The molecule has 106 valence electrons. The third-order valence-electron chi connectivity index (χ3n) is 3.63. The minimum atomic E-state index is -0.509. The van der Waals surface area contributed by atoms with Gasteiger partial charge in [0.25, 0.3) is 5.91 Å². The summed E-state index contributed by atoms with van der Waals surface area (Å²) in [6, 6.07) is 5.37. The number of rotatable bonds is 6. The Hall–Kier alpha value is -1.55. The van der Waals surface area contributed by atoms with Gasteiger partial charge in [-0.1, -0.05) is 38.8 Å². The molecule has 4 nitrogen and oxygen atoms in total. The van der Waals surface area contributed by atoms with Gasteiger partial charge in [-0.15, -0.1) is 0 Å². The zero-order chi connectivity index (χ0) is 14.4. The number of nitrogen functional groups attached to an aromatic ring is 1. The van der Waals surface area contributed by atoms with Gasteiger partial charge in [0.2, 0.25) is 0 Å². The molecular weight excluding hydrogens is 240 g/mol. The average molecular weight is 264 g/mol. The predicted octanol–water partition coefficient (Wildman–Crippen LogP) is 2.10. The van der Waals surface area contributed by atoms with Gasteiger partial charge in [0.05, 0.1) is 11.7 Å². The highest BCUT2D eigenvalue weighted by Crippen LogP contribution is 2.17. The fourth-order valence-electron chi connectivity index (χ4n) is 2.17. The molecule has 0 aliphatic heterocycles. The van der Waals surface area contributed by atoms with Gasteiger partial charge < -0.3 is 16.2 Å². The van der Waals surface area contributed by atoms with Crippen LogP contribution in [0.1, 0.15) is 42.6 Å². The number of nitrogens with two attached hydrogens (primary N) is 1. The maximum Gasteiger partial charge on any atom is 0.253 e. The van der Waals surface area contributed by atoms with Crippen LogP contribution < -0.4 is 11.1 Å². The first kappa shape index (κ1) is 15.5. The Morgan fingerprint density at radius 1 is 1.37 bits per heavy atom. The fourth-order valence-corrected chi connectivity index (χ4v) is 2.17. The van der Waals surface area contributed by atoms with Gasteiger partial charge >= 0.3 is 0 Å². The van der Waals surface area contributed by atoms with E-state index < -0.39 is 6.10 Å². The maximum atomic E-state index is 12.0. The van der Waals surface area contributed by atoms with Gasteiger partial charge in [0.1, 0.15) is 0 Å². The lowest BCUT2D eigenvalue weighted by atomic mass is 9.96. The van der Waals surface area contributed by atoms with Crippen LogP contribution in [0.2, 0.25) is 0 Å². The van der Waals surface area contributed by atoms with Crippen LogP contribution in [0, 0.1) is 12.8 Å². The van der Waals surface area contributed by atoms with E-state index in [1.54, 1.807) is 12.1 Å². The molecule has 1 unspecified atom stereocenters. The normalized spacial score (nSPS) is 12.5. The average Bonchev–Trinajstić information content (AvgIpc) is 2.40. The molecule has 0 heterocycles. The minimum Gasteiger partial charge on any atom is -0.398 e. The van der Waals surface area contributed by atoms with Crippen molar-refractivity contribution in [3.63, 3.8) is 0 Å². The second-order valence-corrected chi connectivity index (χ2v) is 4.89. The van der Waals surface area contributed by atoms with Gasteiger partial charge in [0.15, 0.2) is 0 Å². The van der Waals surface area contributed by atoms with Crippen LogP contribution in [-0.4, -0.2) is 23.7 Å². The molecule has 1 amide bonds. The molecule has 1 atom stereocenters. The number of amides is 1. The molecule has 0 radical (unpaired) electrons. The third-order valence-corrected chi connectivity index (χ3v) is 3.63. The number of nitrogens with one attached hydrogen (secondary N) is 1. The number of anilines is 1. The highest BCUT2D eigenvalue weighted by molar-refractivity contribution is 5.99. The summed E-state index contributed by atoms with van der Waals surface area (Å²) in [5, 5.41) is 12.7. The highest BCUT2D eigenvalue weighted by atomic mass is 16.3. The molecule has 1 aromatic rings. The van der Waals surface area contributed by atoms with Crippen molar-refractivity contribution in [2.45, 2.75) is 39.7 Å². The molecule has 0 saturated heterocycles. The summed E-state index contributed by atoms with van der Waals surface area (Å²) in [5.74, 6) is -0.0126. The zero-order valence-electron chi connectivity index (χ0n) is 11.9. The number of aryl methyl sites for hydroxylation is 1. The Balaban J connectivity index is 2.63. The molecule has 0 aliphatic carbocycles. The van der Waals surface area contributed by atoms with Crippen molar-refractivity contribution < 1.29 is 9.90 Å². The maximum absolute atomic E-state index is 12.0. The molecular formula is C15H24N2O2. The van der Waals surface area contributed by atoms with Gasteiger partial charge in [0, 0.05) is 12.2 Å². The summed E-state index contributed by atoms with van der Waals surface area (Å²) in [4.78, 5) is 12.0. The lowest BCUT2D eigenvalue weighted by Crippen LogP contribution is -2.36. The summed E-state index contributed by atoms with van der Waals surface area (Å²) < 4.78 is 0. The number of carbonyl (C=O) groups is 1. The van der Waals surface area contributed by atoms with Crippen LogP contribution >= 0.6 is 0 Å². The van der Waals surface area contributed by atoms with E-state index in [1.807, 2.05) is 26.8 Å². The Morgan fingerprint density at radius 3 is 2.58 bits per heavy atom. The highest BCUT2D eigenvalue weighted by Gasteiger charge is 2.17. The van der Waals surface area contributed by atoms with E-state index in [4.69, 9.17) is 5.73 Å². The molecule has 0 spiro atoms.